The predicted molar refractivity (Wildman–Crippen MR) is 80.8 cm³/mol. The third-order valence-corrected chi connectivity index (χ3v) is 4.24. The van der Waals surface area contributed by atoms with Crippen molar-refractivity contribution >= 4 is 6.03 Å². The van der Waals surface area contributed by atoms with Crippen molar-refractivity contribution in [3.63, 3.8) is 0 Å². The smallest absolute Gasteiger partial charge is 0.314 e. The predicted octanol–water partition coefficient (Wildman–Crippen LogP) is 2.61. The largest absolute Gasteiger partial charge is 0.466 e. The Bertz CT molecular complexity index is 442. The Morgan fingerprint density at radius 3 is 2.95 bits per heavy atom. The van der Waals surface area contributed by atoms with Gasteiger partial charge in [0, 0.05) is 6.54 Å². The third-order valence-electron chi connectivity index (χ3n) is 4.24. The minimum atomic E-state index is -1.19. The van der Waals surface area contributed by atoms with Crippen molar-refractivity contribution in [2.45, 2.75) is 45.1 Å². The molecule has 1 aliphatic carbocycles. The van der Waals surface area contributed by atoms with Gasteiger partial charge in [0.15, 0.2) is 0 Å². The van der Waals surface area contributed by atoms with Crippen molar-refractivity contribution in [3.8, 4) is 0 Å². The van der Waals surface area contributed by atoms with E-state index in [0.717, 1.165) is 5.92 Å². The van der Waals surface area contributed by atoms with E-state index in [1.165, 1.54) is 31.9 Å². The fourth-order valence-corrected chi connectivity index (χ4v) is 2.97. The maximum absolute atomic E-state index is 11.8. The molecule has 3 N–H and O–H groups in total. The van der Waals surface area contributed by atoms with E-state index in [9.17, 15) is 9.90 Å². The monoisotopic (exact) mass is 294 g/mol. The number of aliphatic hydroxyl groups is 1. The van der Waals surface area contributed by atoms with Gasteiger partial charge in [-0.3, -0.25) is 0 Å². The average Bonchev–Trinajstić information content (AvgIpc) is 2.98. The quantitative estimate of drug-likeness (QED) is 0.781. The number of carbonyl (C=O) groups is 1. The first-order chi connectivity index (χ1) is 9.97. The van der Waals surface area contributed by atoms with Crippen LogP contribution in [0.25, 0.3) is 0 Å². The lowest BCUT2D eigenvalue weighted by molar-refractivity contribution is 0.0367. The Morgan fingerprint density at radius 2 is 2.29 bits per heavy atom. The van der Waals surface area contributed by atoms with E-state index in [1.54, 1.807) is 19.1 Å². The Labute approximate surface area is 126 Å². The molecule has 1 aromatic heterocycles. The zero-order valence-electron chi connectivity index (χ0n) is 12.9. The number of hydrogen-bond acceptors (Lipinski definition) is 3. The molecule has 0 bridgehead atoms. The van der Waals surface area contributed by atoms with Gasteiger partial charge in [-0.05, 0) is 43.7 Å². The molecule has 2 amide bonds. The van der Waals surface area contributed by atoms with Gasteiger partial charge in [-0.1, -0.05) is 19.8 Å². The molecule has 1 aliphatic rings. The molecule has 1 saturated carbocycles. The molecule has 1 aromatic rings. The molecule has 5 heteroatoms. The van der Waals surface area contributed by atoms with Crippen LogP contribution in [-0.4, -0.2) is 24.2 Å². The fraction of sp³-hybridized carbons (Fsp3) is 0.688. The van der Waals surface area contributed by atoms with E-state index in [2.05, 4.69) is 17.6 Å². The molecule has 3 atom stereocenters. The highest BCUT2D eigenvalue weighted by Crippen LogP contribution is 2.27. The van der Waals surface area contributed by atoms with Gasteiger partial charge in [-0.2, -0.15) is 0 Å². The Kier molecular flexibility index (Phi) is 5.28. The van der Waals surface area contributed by atoms with Crippen LogP contribution in [0.3, 0.4) is 0 Å². The summed E-state index contributed by atoms with van der Waals surface area (Å²) in [6.45, 7) is 4.72. The summed E-state index contributed by atoms with van der Waals surface area (Å²) in [6, 6.07) is 3.18. The van der Waals surface area contributed by atoms with E-state index >= 15 is 0 Å². The number of carbonyl (C=O) groups excluding carboxylic acids is 1. The summed E-state index contributed by atoms with van der Waals surface area (Å²) in [5.41, 5.74) is -1.19. The summed E-state index contributed by atoms with van der Waals surface area (Å²) in [7, 11) is 0. The van der Waals surface area contributed by atoms with E-state index in [-0.39, 0.29) is 12.6 Å². The molecule has 21 heavy (non-hydrogen) atoms. The van der Waals surface area contributed by atoms with E-state index in [4.69, 9.17) is 4.42 Å². The van der Waals surface area contributed by atoms with Crippen molar-refractivity contribution < 1.29 is 14.3 Å². The van der Waals surface area contributed by atoms with Gasteiger partial charge in [-0.15, -0.1) is 0 Å². The molecule has 2 rings (SSSR count). The number of urea groups is 1. The van der Waals surface area contributed by atoms with Gasteiger partial charge in [0.05, 0.1) is 12.8 Å². The van der Waals surface area contributed by atoms with Gasteiger partial charge in [0.1, 0.15) is 11.4 Å². The zero-order valence-corrected chi connectivity index (χ0v) is 12.9. The molecule has 0 aromatic carbocycles. The maximum atomic E-state index is 11.8. The van der Waals surface area contributed by atoms with Gasteiger partial charge in [-0.25, -0.2) is 4.79 Å². The number of hydrogen-bond donors (Lipinski definition) is 3. The highest BCUT2D eigenvalue weighted by Gasteiger charge is 2.27. The minimum Gasteiger partial charge on any atom is -0.466 e. The van der Waals surface area contributed by atoms with Crippen molar-refractivity contribution in [2.75, 3.05) is 13.1 Å². The average molecular weight is 294 g/mol. The van der Waals surface area contributed by atoms with Crippen LogP contribution in [0.5, 0.6) is 0 Å². The van der Waals surface area contributed by atoms with Crippen molar-refractivity contribution in [1.29, 1.82) is 0 Å². The van der Waals surface area contributed by atoms with Crippen molar-refractivity contribution in [1.82, 2.24) is 10.6 Å². The summed E-state index contributed by atoms with van der Waals surface area (Å²) in [5.74, 6) is 1.78. The number of nitrogens with one attached hydrogen (secondary N) is 2. The van der Waals surface area contributed by atoms with Crippen LogP contribution in [0, 0.1) is 11.8 Å². The SMILES string of the molecule is CC1CCCC(CNC(=O)NCC(C)(O)c2ccco2)C1. The Balaban J connectivity index is 1.70. The molecule has 0 aliphatic heterocycles. The van der Waals surface area contributed by atoms with Gasteiger partial charge in [0.25, 0.3) is 0 Å². The summed E-state index contributed by atoms with van der Waals surface area (Å²) in [5, 5.41) is 15.8. The second-order valence-corrected chi connectivity index (χ2v) is 6.45. The van der Waals surface area contributed by atoms with Crippen molar-refractivity contribution in [3.05, 3.63) is 24.2 Å². The second kappa shape index (κ2) is 6.98. The molecule has 3 unspecified atom stereocenters. The van der Waals surface area contributed by atoms with Crippen LogP contribution >= 0.6 is 0 Å². The van der Waals surface area contributed by atoms with E-state index in [0.29, 0.717) is 18.2 Å². The van der Waals surface area contributed by atoms with Gasteiger partial charge in [0.2, 0.25) is 0 Å². The lowest BCUT2D eigenvalue weighted by Crippen LogP contribution is -2.44. The van der Waals surface area contributed by atoms with E-state index < -0.39 is 5.60 Å². The Hall–Kier alpha value is -1.49. The van der Waals surface area contributed by atoms with Gasteiger partial charge >= 0.3 is 6.03 Å². The van der Waals surface area contributed by atoms with Gasteiger partial charge < -0.3 is 20.2 Å². The highest BCUT2D eigenvalue weighted by molar-refractivity contribution is 5.73. The highest BCUT2D eigenvalue weighted by atomic mass is 16.4. The summed E-state index contributed by atoms with van der Waals surface area (Å²) >= 11 is 0. The normalized spacial score (nSPS) is 25.1. The molecular weight excluding hydrogens is 268 g/mol. The van der Waals surface area contributed by atoms with E-state index in [1.807, 2.05) is 0 Å². The number of furan rings is 1. The first-order valence-electron chi connectivity index (χ1n) is 7.75. The molecular formula is C16H26N2O3. The third kappa shape index (κ3) is 4.77. The first kappa shape index (κ1) is 15.9. The summed E-state index contributed by atoms with van der Waals surface area (Å²) in [6.07, 6.45) is 6.43. The lowest BCUT2D eigenvalue weighted by Gasteiger charge is -2.27. The molecule has 0 spiro atoms. The lowest BCUT2D eigenvalue weighted by atomic mass is 9.82. The summed E-state index contributed by atoms with van der Waals surface area (Å²) < 4.78 is 5.18. The maximum Gasteiger partial charge on any atom is 0.314 e. The topological polar surface area (TPSA) is 74.5 Å². The molecule has 1 fully saturated rings. The van der Waals surface area contributed by atoms with Crippen LogP contribution < -0.4 is 10.6 Å². The van der Waals surface area contributed by atoms with Crippen LogP contribution in [0.4, 0.5) is 4.79 Å². The summed E-state index contributed by atoms with van der Waals surface area (Å²) in [4.78, 5) is 11.8. The zero-order chi connectivity index (χ0) is 15.3. The number of amides is 2. The minimum absolute atomic E-state index is 0.118. The molecule has 118 valence electrons. The van der Waals surface area contributed by atoms with Crippen molar-refractivity contribution in [2.24, 2.45) is 11.8 Å². The second-order valence-electron chi connectivity index (χ2n) is 6.45. The first-order valence-corrected chi connectivity index (χ1v) is 7.75. The standard InChI is InChI=1S/C16H26N2O3/c1-12-5-3-6-13(9-12)10-17-15(19)18-11-16(2,20)14-7-4-8-21-14/h4,7-8,12-13,20H,3,5-6,9-11H2,1-2H3,(H2,17,18,19). The Morgan fingerprint density at radius 1 is 1.48 bits per heavy atom. The molecule has 1 heterocycles. The van der Waals surface area contributed by atoms with Crippen LogP contribution in [0.1, 0.15) is 45.3 Å². The van der Waals surface area contributed by atoms with Crippen LogP contribution in [0.2, 0.25) is 0 Å². The number of rotatable bonds is 5. The molecule has 0 radical (unpaired) electrons. The molecule has 5 nitrogen and oxygen atoms in total. The fourth-order valence-electron chi connectivity index (χ4n) is 2.97. The van der Waals surface area contributed by atoms with Crippen LogP contribution in [0.15, 0.2) is 22.8 Å². The molecule has 0 saturated heterocycles. The van der Waals surface area contributed by atoms with Crippen LogP contribution in [-0.2, 0) is 5.60 Å².